The van der Waals surface area contributed by atoms with Gasteiger partial charge >= 0.3 is 12.1 Å². The molecule has 0 spiro atoms. The first-order valence-corrected chi connectivity index (χ1v) is 14.2. The van der Waals surface area contributed by atoms with Gasteiger partial charge in [0.15, 0.2) is 0 Å². The molecule has 2 aromatic carbocycles. The second-order valence-corrected chi connectivity index (χ2v) is 10.1. The van der Waals surface area contributed by atoms with Crippen LogP contribution >= 0.6 is 0 Å². The highest BCUT2D eigenvalue weighted by atomic mass is 19.4. The van der Waals surface area contributed by atoms with Gasteiger partial charge < -0.3 is 14.3 Å². The quantitative estimate of drug-likeness (QED) is 0.0577. The molecule has 1 aliphatic rings. The Morgan fingerprint density at radius 1 is 1.07 bits per heavy atom. The maximum Gasteiger partial charge on any atom is 0.416 e. The molecule has 42 heavy (non-hydrogen) atoms. The molecule has 0 saturated heterocycles. The van der Waals surface area contributed by atoms with Crippen molar-refractivity contribution in [2.45, 2.75) is 78.0 Å². The molecule has 230 valence electrons. The van der Waals surface area contributed by atoms with E-state index >= 15 is 0 Å². The van der Waals surface area contributed by atoms with Crippen LogP contribution in [0.2, 0.25) is 0 Å². The van der Waals surface area contributed by atoms with E-state index in [0.29, 0.717) is 36.7 Å². The maximum atomic E-state index is 12.6. The number of carbonyl (C=O) groups excluding carboxylic acids is 1. The molecule has 0 heterocycles. The van der Waals surface area contributed by atoms with Crippen LogP contribution in [-0.2, 0) is 22.4 Å². The smallest absolute Gasteiger partial charge is 0.416 e. The first kappa shape index (κ1) is 34.4. The Bertz CT molecular complexity index is 1160. The monoisotopic (exact) mass is 591 g/mol. The molecular weight excluding hydrogens is 551 g/mol. The second-order valence-electron chi connectivity index (χ2n) is 10.1. The SMILES string of the molecule is C/C=C\CCCC(=O)Oc1ccccc1CO[N+](=O)[O-].CC1CCCCC1/C=C/CCOc1cccc(C(F)(F)F)c1. The van der Waals surface area contributed by atoms with Crippen molar-refractivity contribution in [3.63, 3.8) is 0 Å². The zero-order chi connectivity index (χ0) is 30.8. The number of ether oxygens (including phenoxy) is 2. The first-order chi connectivity index (χ1) is 20.1. The summed E-state index contributed by atoms with van der Waals surface area (Å²) < 4.78 is 48.4. The summed E-state index contributed by atoms with van der Waals surface area (Å²) in [5, 5.41) is 9.30. The molecule has 0 radical (unpaired) electrons. The van der Waals surface area contributed by atoms with Crippen LogP contribution in [0, 0.1) is 22.0 Å². The van der Waals surface area contributed by atoms with E-state index < -0.39 is 16.8 Å². The number of nitrogens with zero attached hydrogens (tertiary/aromatic N) is 1. The van der Waals surface area contributed by atoms with Gasteiger partial charge in [0.2, 0.25) is 0 Å². The van der Waals surface area contributed by atoms with Crippen LogP contribution in [0.5, 0.6) is 11.5 Å². The second kappa shape index (κ2) is 18.6. The lowest BCUT2D eigenvalue weighted by Crippen LogP contribution is -2.14. The van der Waals surface area contributed by atoms with Crippen LogP contribution in [0.4, 0.5) is 13.2 Å². The number of allylic oxidation sites excluding steroid dienone is 3. The van der Waals surface area contributed by atoms with Crippen molar-refractivity contribution in [2.75, 3.05) is 6.61 Å². The summed E-state index contributed by atoms with van der Waals surface area (Å²) in [6.45, 7) is 4.37. The summed E-state index contributed by atoms with van der Waals surface area (Å²) in [4.78, 5) is 26.1. The molecule has 2 unspecified atom stereocenters. The summed E-state index contributed by atoms with van der Waals surface area (Å²) in [5.41, 5.74) is -0.206. The lowest BCUT2D eigenvalue weighted by molar-refractivity contribution is -0.763. The van der Waals surface area contributed by atoms with Crippen LogP contribution in [0.1, 0.15) is 76.3 Å². The third-order valence-electron chi connectivity index (χ3n) is 6.78. The molecule has 0 amide bonds. The molecule has 0 aliphatic heterocycles. The molecular formula is C32H40F3NO6. The number of hydrogen-bond donors (Lipinski definition) is 0. The normalized spacial score (nSPS) is 17.0. The minimum absolute atomic E-state index is 0.241. The Hall–Kier alpha value is -3.82. The predicted molar refractivity (Wildman–Crippen MR) is 154 cm³/mol. The lowest BCUT2D eigenvalue weighted by Gasteiger charge is -2.25. The van der Waals surface area contributed by atoms with E-state index in [1.165, 1.54) is 31.7 Å². The van der Waals surface area contributed by atoms with Gasteiger partial charge in [-0.1, -0.05) is 74.8 Å². The van der Waals surface area contributed by atoms with Gasteiger partial charge in [-0.15, -0.1) is 10.1 Å². The number of benzene rings is 2. The largest absolute Gasteiger partial charge is 0.493 e. The molecule has 0 aromatic heterocycles. The minimum atomic E-state index is -4.32. The van der Waals surface area contributed by atoms with Gasteiger partial charge in [0.25, 0.3) is 5.09 Å². The van der Waals surface area contributed by atoms with Crippen molar-refractivity contribution >= 4 is 5.97 Å². The Labute approximate surface area is 245 Å². The van der Waals surface area contributed by atoms with Crippen LogP contribution < -0.4 is 9.47 Å². The van der Waals surface area contributed by atoms with Gasteiger partial charge in [-0.2, -0.15) is 13.2 Å². The standard InChI is InChI=1S/C18H23F3O.C14H17NO5/c1-14-7-2-3-8-15(14)9-4-5-12-22-17-11-6-10-16(13-17)18(19,20)21;1-2-3-4-5-10-14(16)20-13-9-7-6-8-12(13)11-19-15(17)18/h4,6,9-11,13-15H,2-3,5,7-8,12H2,1H3;2-3,6-9H,4-5,10-11H2,1H3/b9-4+;3-2-. The van der Waals surface area contributed by atoms with E-state index in [9.17, 15) is 28.1 Å². The average molecular weight is 592 g/mol. The Kier molecular flexibility index (Phi) is 15.2. The number of carbonyl (C=O) groups is 1. The minimum Gasteiger partial charge on any atom is -0.493 e. The number of hydrogen-bond acceptors (Lipinski definition) is 6. The van der Waals surface area contributed by atoms with E-state index in [1.54, 1.807) is 30.3 Å². The Morgan fingerprint density at radius 3 is 2.55 bits per heavy atom. The summed E-state index contributed by atoms with van der Waals surface area (Å²) in [6, 6.07) is 11.6. The third kappa shape index (κ3) is 13.7. The molecule has 0 bridgehead atoms. The predicted octanol–water partition coefficient (Wildman–Crippen LogP) is 8.90. The molecule has 1 aliphatic carbocycles. The zero-order valence-electron chi connectivity index (χ0n) is 24.2. The van der Waals surface area contributed by atoms with Gasteiger partial charge in [0, 0.05) is 12.0 Å². The van der Waals surface area contributed by atoms with Crippen LogP contribution in [0.3, 0.4) is 0 Å². The summed E-state index contributed by atoms with van der Waals surface area (Å²) in [7, 11) is 0. The number of para-hydroxylation sites is 1. The van der Waals surface area contributed by atoms with Crippen molar-refractivity contribution in [3.05, 3.63) is 94.1 Å². The highest BCUT2D eigenvalue weighted by molar-refractivity contribution is 5.72. The highest BCUT2D eigenvalue weighted by Crippen LogP contribution is 2.32. The third-order valence-corrected chi connectivity index (χ3v) is 6.78. The number of esters is 1. The van der Waals surface area contributed by atoms with Crippen LogP contribution in [0.15, 0.2) is 72.8 Å². The van der Waals surface area contributed by atoms with Crippen molar-refractivity contribution in [3.8, 4) is 11.5 Å². The average Bonchev–Trinajstić information content (AvgIpc) is 2.96. The van der Waals surface area contributed by atoms with Gasteiger partial charge in [0.05, 0.1) is 12.2 Å². The van der Waals surface area contributed by atoms with E-state index in [1.807, 2.05) is 19.1 Å². The summed E-state index contributed by atoms with van der Waals surface area (Å²) in [6.07, 6.45) is 11.6. The molecule has 1 saturated carbocycles. The maximum absolute atomic E-state index is 12.6. The highest BCUT2D eigenvalue weighted by Gasteiger charge is 2.30. The molecule has 2 atom stereocenters. The van der Waals surface area contributed by atoms with Gasteiger partial charge in [-0.05, 0) is 68.7 Å². The Balaban J connectivity index is 0.000000295. The van der Waals surface area contributed by atoms with E-state index in [-0.39, 0.29) is 18.3 Å². The number of halogens is 3. The Morgan fingerprint density at radius 2 is 1.83 bits per heavy atom. The fourth-order valence-corrected chi connectivity index (χ4v) is 4.46. The molecule has 0 N–H and O–H groups in total. The van der Waals surface area contributed by atoms with Crippen molar-refractivity contribution in [1.29, 1.82) is 0 Å². The van der Waals surface area contributed by atoms with Crippen molar-refractivity contribution in [2.24, 2.45) is 11.8 Å². The van der Waals surface area contributed by atoms with E-state index in [4.69, 9.17) is 9.47 Å². The number of alkyl halides is 3. The van der Waals surface area contributed by atoms with Crippen LogP contribution in [-0.4, -0.2) is 17.7 Å². The van der Waals surface area contributed by atoms with E-state index in [2.05, 4.69) is 23.9 Å². The zero-order valence-corrected chi connectivity index (χ0v) is 24.2. The van der Waals surface area contributed by atoms with Crippen molar-refractivity contribution < 1.29 is 37.4 Å². The summed E-state index contributed by atoms with van der Waals surface area (Å²) >= 11 is 0. The topological polar surface area (TPSA) is 87.9 Å². The van der Waals surface area contributed by atoms with E-state index in [0.717, 1.165) is 30.9 Å². The molecule has 3 rings (SSSR count). The molecule has 10 heteroatoms. The van der Waals surface area contributed by atoms with Gasteiger partial charge in [-0.3, -0.25) is 4.79 Å². The van der Waals surface area contributed by atoms with Crippen LogP contribution in [0.25, 0.3) is 0 Å². The van der Waals surface area contributed by atoms with Crippen molar-refractivity contribution in [1.82, 2.24) is 0 Å². The molecule has 7 nitrogen and oxygen atoms in total. The molecule has 1 fully saturated rings. The lowest BCUT2D eigenvalue weighted by atomic mass is 9.80. The fourth-order valence-electron chi connectivity index (χ4n) is 4.46. The fraction of sp³-hybridized carbons (Fsp3) is 0.469. The summed E-state index contributed by atoms with van der Waals surface area (Å²) in [5.74, 6) is 1.58. The number of unbranched alkanes of at least 4 members (excludes halogenated alkanes) is 1. The van der Waals surface area contributed by atoms with Gasteiger partial charge in [0.1, 0.15) is 18.1 Å². The number of rotatable bonds is 13. The van der Waals surface area contributed by atoms with Gasteiger partial charge in [-0.25, -0.2) is 0 Å². The first-order valence-electron chi connectivity index (χ1n) is 14.2. The molecule has 2 aromatic rings.